The van der Waals surface area contributed by atoms with Gasteiger partial charge in [-0.1, -0.05) is 25.0 Å². The van der Waals surface area contributed by atoms with Crippen LogP contribution in [0.4, 0.5) is 4.39 Å². The van der Waals surface area contributed by atoms with Crippen molar-refractivity contribution >= 4 is 5.91 Å². The number of amides is 1. The molecule has 0 aliphatic heterocycles. The van der Waals surface area contributed by atoms with Crippen LogP contribution in [0.3, 0.4) is 0 Å². The monoisotopic (exact) mass is 251 g/mol. The summed E-state index contributed by atoms with van der Waals surface area (Å²) in [6.07, 6.45) is 2.69. The first kappa shape index (κ1) is 13.0. The number of hydrogen-bond acceptors (Lipinski definition) is 2. The minimum Gasteiger partial charge on any atom is -0.386 e. The fraction of sp³-hybridized carbons (Fsp3) is 0.500. The van der Waals surface area contributed by atoms with Gasteiger partial charge in [-0.2, -0.15) is 0 Å². The Morgan fingerprint density at radius 3 is 2.39 bits per heavy atom. The van der Waals surface area contributed by atoms with Gasteiger partial charge in [0.1, 0.15) is 11.9 Å². The molecule has 3 nitrogen and oxygen atoms in total. The van der Waals surface area contributed by atoms with Crippen LogP contribution in [0.2, 0.25) is 0 Å². The largest absolute Gasteiger partial charge is 0.386 e. The number of carbonyl (C=O) groups is 1. The van der Waals surface area contributed by atoms with E-state index in [0.29, 0.717) is 5.56 Å². The Kier molecular flexibility index (Phi) is 3.66. The SMILES string of the molecule is CC(=O)NC1(C(O)c2ccc(F)cc2)CCCC1. The molecule has 0 radical (unpaired) electrons. The first-order chi connectivity index (χ1) is 8.53. The summed E-state index contributed by atoms with van der Waals surface area (Å²) in [6, 6.07) is 5.80. The van der Waals surface area contributed by atoms with Gasteiger partial charge in [0, 0.05) is 6.92 Å². The van der Waals surface area contributed by atoms with E-state index in [9.17, 15) is 14.3 Å². The third-order valence-electron chi connectivity index (χ3n) is 3.63. The molecular weight excluding hydrogens is 233 g/mol. The van der Waals surface area contributed by atoms with E-state index in [1.807, 2.05) is 0 Å². The molecule has 0 heterocycles. The van der Waals surface area contributed by atoms with Gasteiger partial charge in [-0.25, -0.2) is 4.39 Å². The van der Waals surface area contributed by atoms with Crippen molar-refractivity contribution < 1.29 is 14.3 Å². The Hall–Kier alpha value is -1.42. The van der Waals surface area contributed by atoms with Gasteiger partial charge in [0.15, 0.2) is 0 Å². The average Bonchev–Trinajstić information content (AvgIpc) is 2.78. The topological polar surface area (TPSA) is 49.3 Å². The van der Waals surface area contributed by atoms with E-state index in [2.05, 4.69) is 5.32 Å². The minimum absolute atomic E-state index is 0.141. The van der Waals surface area contributed by atoms with Crippen molar-refractivity contribution in [3.8, 4) is 0 Å². The van der Waals surface area contributed by atoms with Gasteiger partial charge in [-0.15, -0.1) is 0 Å². The lowest BCUT2D eigenvalue weighted by molar-refractivity contribution is -0.122. The van der Waals surface area contributed by atoms with Crippen LogP contribution in [-0.4, -0.2) is 16.6 Å². The lowest BCUT2D eigenvalue weighted by Gasteiger charge is -2.35. The van der Waals surface area contributed by atoms with E-state index in [0.717, 1.165) is 25.7 Å². The number of benzene rings is 1. The molecule has 1 saturated carbocycles. The van der Waals surface area contributed by atoms with Gasteiger partial charge < -0.3 is 10.4 Å². The van der Waals surface area contributed by atoms with Crippen LogP contribution in [0.25, 0.3) is 0 Å². The maximum absolute atomic E-state index is 12.9. The van der Waals surface area contributed by atoms with Gasteiger partial charge in [0.05, 0.1) is 5.54 Å². The van der Waals surface area contributed by atoms with Crippen LogP contribution < -0.4 is 5.32 Å². The van der Waals surface area contributed by atoms with Gasteiger partial charge in [0.25, 0.3) is 0 Å². The maximum atomic E-state index is 12.9. The summed E-state index contributed by atoms with van der Waals surface area (Å²) in [4.78, 5) is 11.3. The first-order valence-electron chi connectivity index (χ1n) is 6.26. The lowest BCUT2D eigenvalue weighted by Crippen LogP contribution is -2.50. The Morgan fingerprint density at radius 1 is 1.33 bits per heavy atom. The predicted octanol–water partition coefficient (Wildman–Crippen LogP) is 2.31. The van der Waals surface area contributed by atoms with Crippen LogP contribution in [0.1, 0.15) is 44.3 Å². The summed E-state index contributed by atoms with van der Waals surface area (Å²) in [7, 11) is 0. The van der Waals surface area contributed by atoms with Crippen LogP contribution in [0.5, 0.6) is 0 Å². The fourth-order valence-electron chi connectivity index (χ4n) is 2.79. The number of carbonyl (C=O) groups excluding carboxylic acids is 1. The summed E-state index contributed by atoms with van der Waals surface area (Å²) in [5, 5.41) is 13.4. The molecule has 0 aromatic heterocycles. The highest BCUT2D eigenvalue weighted by molar-refractivity contribution is 5.74. The van der Waals surface area contributed by atoms with E-state index in [1.54, 1.807) is 12.1 Å². The quantitative estimate of drug-likeness (QED) is 0.866. The Morgan fingerprint density at radius 2 is 1.89 bits per heavy atom. The average molecular weight is 251 g/mol. The smallest absolute Gasteiger partial charge is 0.217 e. The summed E-state index contributed by atoms with van der Waals surface area (Å²) < 4.78 is 12.9. The zero-order valence-corrected chi connectivity index (χ0v) is 10.4. The van der Waals surface area contributed by atoms with Crippen LogP contribution in [0.15, 0.2) is 24.3 Å². The summed E-state index contributed by atoms with van der Waals surface area (Å²) in [5.74, 6) is -0.469. The lowest BCUT2D eigenvalue weighted by atomic mass is 9.86. The molecule has 18 heavy (non-hydrogen) atoms. The second-order valence-corrected chi connectivity index (χ2v) is 5.00. The Labute approximate surface area is 106 Å². The summed E-state index contributed by atoms with van der Waals surface area (Å²) >= 11 is 0. The molecule has 1 aliphatic carbocycles. The molecule has 1 aliphatic rings. The highest BCUT2D eigenvalue weighted by atomic mass is 19.1. The van der Waals surface area contributed by atoms with Crippen molar-refractivity contribution in [2.75, 3.05) is 0 Å². The van der Waals surface area contributed by atoms with Crippen LogP contribution >= 0.6 is 0 Å². The highest BCUT2D eigenvalue weighted by Crippen LogP contribution is 2.39. The zero-order valence-electron chi connectivity index (χ0n) is 10.4. The highest BCUT2D eigenvalue weighted by Gasteiger charge is 2.41. The van der Waals surface area contributed by atoms with Crippen molar-refractivity contribution in [2.24, 2.45) is 0 Å². The zero-order chi connectivity index (χ0) is 13.2. The van der Waals surface area contributed by atoms with Crippen LogP contribution in [0, 0.1) is 5.82 Å². The molecule has 1 amide bonds. The number of aliphatic hydroxyl groups is 1. The third kappa shape index (κ3) is 2.53. The number of nitrogens with one attached hydrogen (secondary N) is 1. The number of rotatable bonds is 3. The number of aliphatic hydroxyl groups excluding tert-OH is 1. The standard InChI is InChI=1S/C14H18FNO2/c1-10(17)16-14(8-2-3-9-14)13(18)11-4-6-12(15)7-5-11/h4-7,13,18H,2-3,8-9H2,1H3,(H,16,17). The fourth-order valence-corrected chi connectivity index (χ4v) is 2.79. The second-order valence-electron chi connectivity index (χ2n) is 5.00. The van der Waals surface area contributed by atoms with Gasteiger partial charge in [-0.3, -0.25) is 4.79 Å². The van der Waals surface area contributed by atoms with Crippen molar-refractivity contribution in [2.45, 2.75) is 44.2 Å². The molecule has 98 valence electrons. The molecule has 1 aromatic rings. The van der Waals surface area contributed by atoms with E-state index in [4.69, 9.17) is 0 Å². The van der Waals surface area contributed by atoms with Crippen molar-refractivity contribution in [3.05, 3.63) is 35.6 Å². The molecule has 4 heteroatoms. The predicted molar refractivity (Wildman–Crippen MR) is 66.4 cm³/mol. The van der Waals surface area contributed by atoms with Gasteiger partial charge in [0.2, 0.25) is 5.91 Å². The minimum atomic E-state index is -0.788. The molecule has 1 unspecified atom stereocenters. The molecule has 2 N–H and O–H groups in total. The summed E-state index contributed by atoms with van der Waals surface area (Å²) in [5.41, 5.74) is 0.0518. The third-order valence-corrected chi connectivity index (χ3v) is 3.63. The van der Waals surface area contributed by atoms with Gasteiger partial charge in [-0.05, 0) is 30.5 Å². The molecular formula is C14H18FNO2. The molecule has 1 fully saturated rings. The van der Waals surface area contributed by atoms with E-state index < -0.39 is 11.6 Å². The van der Waals surface area contributed by atoms with Crippen molar-refractivity contribution in [1.82, 2.24) is 5.32 Å². The summed E-state index contributed by atoms with van der Waals surface area (Å²) in [6.45, 7) is 1.46. The van der Waals surface area contributed by atoms with E-state index in [1.165, 1.54) is 19.1 Å². The molecule has 1 aromatic carbocycles. The molecule has 0 bridgehead atoms. The normalized spacial score (nSPS) is 19.5. The Balaban J connectivity index is 2.25. The number of hydrogen-bond donors (Lipinski definition) is 2. The molecule has 0 spiro atoms. The van der Waals surface area contributed by atoms with Crippen LogP contribution in [-0.2, 0) is 4.79 Å². The second kappa shape index (κ2) is 5.06. The molecule has 1 atom stereocenters. The van der Waals surface area contributed by atoms with Crippen molar-refractivity contribution in [1.29, 1.82) is 0 Å². The van der Waals surface area contributed by atoms with E-state index in [-0.39, 0.29) is 11.7 Å². The Bertz CT molecular complexity index is 424. The molecule has 2 rings (SSSR count). The maximum Gasteiger partial charge on any atom is 0.217 e. The first-order valence-corrected chi connectivity index (χ1v) is 6.26. The number of halogens is 1. The van der Waals surface area contributed by atoms with E-state index >= 15 is 0 Å². The van der Waals surface area contributed by atoms with Gasteiger partial charge >= 0.3 is 0 Å². The molecule has 0 saturated heterocycles. The van der Waals surface area contributed by atoms with Crippen molar-refractivity contribution in [3.63, 3.8) is 0 Å².